The molecular formula is C21H23NO3. The van der Waals surface area contributed by atoms with Crippen LogP contribution in [0.15, 0.2) is 60.7 Å². The molecule has 1 amide bonds. The number of amides is 1. The van der Waals surface area contributed by atoms with Crippen LogP contribution in [0.5, 0.6) is 5.75 Å². The van der Waals surface area contributed by atoms with Crippen LogP contribution >= 0.6 is 0 Å². The van der Waals surface area contributed by atoms with E-state index in [-0.39, 0.29) is 12.0 Å². The Bertz CT molecular complexity index is 704. The van der Waals surface area contributed by atoms with Crippen molar-refractivity contribution in [2.45, 2.75) is 18.9 Å². The fraction of sp³-hybridized carbons (Fsp3) is 0.286. The van der Waals surface area contributed by atoms with Gasteiger partial charge in [-0.05, 0) is 48.7 Å². The first-order valence-corrected chi connectivity index (χ1v) is 8.56. The lowest BCUT2D eigenvalue weighted by molar-refractivity contribution is -0.114. The molecule has 130 valence electrons. The Morgan fingerprint density at radius 3 is 2.60 bits per heavy atom. The summed E-state index contributed by atoms with van der Waals surface area (Å²) in [4.78, 5) is 14.6. The molecule has 25 heavy (non-hydrogen) atoms. The molecule has 0 spiro atoms. The molecule has 1 saturated heterocycles. The van der Waals surface area contributed by atoms with Gasteiger partial charge < -0.3 is 14.4 Å². The topological polar surface area (TPSA) is 38.8 Å². The van der Waals surface area contributed by atoms with Crippen LogP contribution in [0, 0.1) is 0 Å². The van der Waals surface area contributed by atoms with Gasteiger partial charge in [0.2, 0.25) is 0 Å². The van der Waals surface area contributed by atoms with E-state index in [4.69, 9.17) is 9.47 Å². The molecule has 1 heterocycles. The van der Waals surface area contributed by atoms with Crippen molar-refractivity contribution in [1.82, 2.24) is 0 Å². The van der Waals surface area contributed by atoms with Gasteiger partial charge in [0.1, 0.15) is 5.75 Å². The molecule has 1 aliphatic rings. The number of nitrogens with zero attached hydrogens (tertiary/aromatic N) is 1. The molecule has 0 bridgehead atoms. The summed E-state index contributed by atoms with van der Waals surface area (Å²) in [5, 5.41) is 0. The Labute approximate surface area is 148 Å². The van der Waals surface area contributed by atoms with Crippen molar-refractivity contribution >= 4 is 17.7 Å². The number of hydrogen-bond acceptors (Lipinski definition) is 3. The van der Waals surface area contributed by atoms with Crippen molar-refractivity contribution in [1.29, 1.82) is 0 Å². The second-order valence-corrected chi connectivity index (χ2v) is 6.03. The summed E-state index contributed by atoms with van der Waals surface area (Å²) in [7, 11) is 1.64. The van der Waals surface area contributed by atoms with E-state index in [1.165, 1.54) is 0 Å². The number of hydrogen-bond donors (Lipinski definition) is 0. The third-order valence-electron chi connectivity index (χ3n) is 4.28. The van der Waals surface area contributed by atoms with Crippen LogP contribution in [-0.4, -0.2) is 32.3 Å². The van der Waals surface area contributed by atoms with Crippen LogP contribution in [0.25, 0.3) is 6.08 Å². The molecule has 2 aromatic rings. The molecular weight excluding hydrogens is 314 g/mol. The minimum atomic E-state index is -0.0440. The lowest BCUT2D eigenvalue weighted by atomic mass is 10.1. The quantitative estimate of drug-likeness (QED) is 0.750. The van der Waals surface area contributed by atoms with Gasteiger partial charge in [0, 0.05) is 18.4 Å². The number of para-hydroxylation sites is 1. The third-order valence-corrected chi connectivity index (χ3v) is 4.28. The van der Waals surface area contributed by atoms with Gasteiger partial charge in [0.05, 0.1) is 19.8 Å². The zero-order valence-electron chi connectivity index (χ0n) is 14.4. The summed E-state index contributed by atoms with van der Waals surface area (Å²) < 4.78 is 10.9. The van der Waals surface area contributed by atoms with Crippen molar-refractivity contribution in [2.24, 2.45) is 0 Å². The first-order valence-electron chi connectivity index (χ1n) is 8.56. The highest BCUT2D eigenvalue weighted by molar-refractivity contribution is 6.03. The standard InChI is InChI=1S/C21H23NO3/c1-24-19-12-9-17(10-13-19)11-14-21(23)22(16-20-8-5-15-25-20)18-6-3-2-4-7-18/h2-4,6-7,9-14,20H,5,8,15-16H2,1H3/b14-11+. The Kier molecular flexibility index (Phi) is 5.86. The maximum absolute atomic E-state index is 12.8. The monoisotopic (exact) mass is 337 g/mol. The minimum absolute atomic E-state index is 0.0440. The highest BCUT2D eigenvalue weighted by Gasteiger charge is 2.22. The van der Waals surface area contributed by atoms with E-state index in [0.29, 0.717) is 6.54 Å². The molecule has 2 aromatic carbocycles. The van der Waals surface area contributed by atoms with E-state index in [1.54, 1.807) is 18.1 Å². The molecule has 1 aliphatic heterocycles. The van der Waals surface area contributed by atoms with E-state index < -0.39 is 0 Å². The first kappa shape index (κ1) is 17.2. The van der Waals surface area contributed by atoms with Crippen molar-refractivity contribution in [3.05, 3.63) is 66.2 Å². The summed E-state index contributed by atoms with van der Waals surface area (Å²) in [6.45, 7) is 1.36. The molecule has 4 nitrogen and oxygen atoms in total. The number of ether oxygens (including phenoxy) is 2. The van der Waals surface area contributed by atoms with Crippen LogP contribution in [0.4, 0.5) is 5.69 Å². The molecule has 1 fully saturated rings. The summed E-state index contributed by atoms with van der Waals surface area (Å²) in [5.41, 5.74) is 1.85. The number of carbonyl (C=O) groups excluding carboxylic acids is 1. The molecule has 0 radical (unpaired) electrons. The molecule has 1 unspecified atom stereocenters. The SMILES string of the molecule is COc1ccc(/C=C/C(=O)N(CC2CCCO2)c2ccccc2)cc1. The third kappa shape index (κ3) is 4.70. The van der Waals surface area contributed by atoms with E-state index in [0.717, 1.165) is 36.4 Å². The fourth-order valence-corrected chi connectivity index (χ4v) is 2.90. The summed E-state index contributed by atoms with van der Waals surface area (Å²) in [6.07, 6.45) is 5.61. The van der Waals surface area contributed by atoms with E-state index in [9.17, 15) is 4.79 Å². The van der Waals surface area contributed by atoms with Gasteiger partial charge >= 0.3 is 0 Å². The molecule has 0 N–H and O–H groups in total. The average Bonchev–Trinajstić information content (AvgIpc) is 3.18. The van der Waals surface area contributed by atoms with Crippen molar-refractivity contribution in [3.8, 4) is 5.75 Å². The number of benzene rings is 2. The van der Waals surface area contributed by atoms with Gasteiger partial charge in [-0.1, -0.05) is 30.3 Å². The van der Waals surface area contributed by atoms with Crippen LogP contribution in [-0.2, 0) is 9.53 Å². The van der Waals surface area contributed by atoms with Gasteiger partial charge in [0.25, 0.3) is 5.91 Å². The van der Waals surface area contributed by atoms with Crippen LogP contribution in [0.1, 0.15) is 18.4 Å². The molecule has 3 rings (SSSR count). The van der Waals surface area contributed by atoms with Crippen LogP contribution < -0.4 is 9.64 Å². The minimum Gasteiger partial charge on any atom is -0.497 e. The average molecular weight is 337 g/mol. The molecule has 0 aromatic heterocycles. The molecule has 0 saturated carbocycles. The Balaban J connectivity index is 1.74. The van der Waals surface area contributed by atoms with Crippen LogP contribution in [0.3, 0.4) is 0 Å². The zero-order chi connectivity index (χ0) is 17.5. The fourth-order valence-electron chi connectivity index (χ4n) is 2.90. The highest BCUT2D eigenvalue weighted by Crippen LogP contribution is 2.20. The van der Waals surface area contributed by atoms with E-state index in [1.807, 2.05) is 60.7 Å². The Hall–Kier alpha value is -2.59. The van der Waals surface area contributed by atoms with Gasteiger partial charge in [-0.25, -0.2) is 0 Å². The predicted octanol–water partition coefficient (Wildman–Crippen LogP) is 3.92. The van der Waals surface area contributed by atoms with Crippen molar-refractivity contribution in [3.63, 3.8) is 0 Å². The van der Waals surface area contributed by atoms with Gasteiger partial charge in [0.15, 0.2) is 0 Å². The summed E-state index contributed by atoms with van der Waals surface area (Å²) >= 11 is 0. The number of rotatable bonds is 6. The number of carbonyl (C=O) groups is 1. The molecule has 1 atom stereocenters. The zero-order valence-corrected chi connectivity index (χ0v) is 14.4. The Morgan fingerprint density at radius 2 is 1.96 bits per heavy atom. The smallest absolute Gasteiger partial charge is 0.251 e. The second kappa shape index (κ2) is 8.49. The summed E-state index contributed by atoms with van der Waals surface area (Å²) in [5.74, 6) is 0.755. The van der Waals surface area contributed by atoms with Gasteiger partial charge in [-0.15, -0.1) is 0 Å². The van der Waals surface area contributed by atoms with E-state index in [2.05, 4.69) is 0 Å². The van der Waals surface area contributed by atoms with Gasteiger partial charge in [-0.3, -0.25) is 4.79 Å². The maximum Gasteiger partial charge on any atom is 0.251 e. The van der Waals surface area contributed by atoms with E-state index >= 15 is 0 Å². The van der Waals surface area contributed by atoms with Crippen molar-refractivity contribution in [2.75, 3.05) is 25.2 Å². The Morgan fingerprint density at radius 1 is 1.20 bits per heavy atom. The number of methoxy groups -OCH3 is 1. The van der Waals surface area contributed by atoms with Crippen LogP contribution in [0.2, 0.25) is 0 Å². The maximum atomic E-state index is 12.8. The summed E-state index contributed by atoms with van der Waals surface area (Å²) in [6, 6.07) is 17.4. The molecule has 4 heteroatoms. The number of anilines is 1. The van der Waals surface area contributed by atoms with Gasteiger partial charge in [-0.2, -0.15) is 0 Å². The molecule has 0 aliphatic carbocycles. The normalized spacial score (nSPS) is 16.9. The predicted molar refractivity (Wildman–Crippen MR) is 99.8 cm³/mol. The second-order valence-electron chi connectivity index (χ2n) is 6.03. The first-order chi connectivity index (χ1) is 12.3. The highest BCUT2D eigenvalue weighted by atomic mass is 16.5. The largest absolute Gasteiger partial charge is 0.497 e. The lowest BCUT2D eigenvalue weighted by Gasteiger charge is -2.24. The van der Waals surface area contributed by atoms with Crippen molar-refractivity contribution < 1.29 is 14.3 Å². The lowest BCUT2D eigenvalue weighted by Crippen LogP contribution is -2.36.